The normalized spacial score (nSPS) is 19.7. The first-order valence-corrected chi connectivity index (χ1v) is 7.27. The first kappa shape index (κ1) is 17.0. The van der Waals surface area contributed by atoms with Crippen molar-refractivity contribution in [3.05, 3.63) is 42.5 Å². The maximum atomic E-state index is 11.9. The number of aliphatic hydroxyl groups is 1. The third kappa shape index (κ3) is 3.88. The molecule has 0 bridgehead atoms. The fourth-order valence-corrected chi connectivity index (χ4v) is 2.20. The smallest absolute Gasteiger partial charge is 0.275 e. The minimum absolute atomic E-state index is 0.0372. The van der Waals surface area contributed by atoms with Gasteiger partial charge in [0.25, 0.3) is 5.91 Å². The van der Waals surface area contributed by atoms with Crippen LogP contribution < -0.4 is 10.2 Å². The fraction of sp³-hybridized carbons (Fsp3) is 0.375. The molecule has 1 amide bonds. The van der Waals surface area contributed by atoms with Crippen LogP contribution in [0.2, 0.25) is 0 Å². The monoisotopic (exact) mass is 320 g/mol. The molecule has 0 aliphatic carbocycles. The molecule has 0 spiro atoms. The minimum atomic E-state index is -1.19. The van der Waals surface area contributed by atoms with Crippen LogP contribution in [-0.2, 0) is 9.53 Å². The molecule has 0 saturated carbocycles. The predicted molar refractivity (Wildman–Crippen MR) is 83.6 cm³/mol. The zero-order chi connectivity index (χ0) is 16.7. The topological polar surface area (TPSA) is 100 Å². The summed E-state index contributed by atoms with van der Waals surface area (Å²) < 4.78 is 11.0. The Balaban J connectivity index is 2.13. The van der Waals surface area contributed by atoms with Gasteiger partial charge >= 0.3 is 0 Å². The first-order chi connectivity index (χ1) is 11.1. The van der Waals surface area contributed by atoms with Gasteiger partial charge in [0.1, 0.15) is 12.4 Å². The van der Waals surface area contributed by atoms with Crippen molar-refractivity contribution in [2.75, 3.05) is 19.8 Å². The lowest BCUT2D eigenvalue weighted by Gasteiger charge is -2.18. The van der Waals surface area contributed by atoms with E-state index in [-0.39, 0.29) is 19.6 Å². The van der Waals surface area contributed by atoms with E-state index in [0.29, 0.717) is 30.2 Å². The summed E-state index contributed by atoms with van der Waals surface area (Å²) in [6.45, 7) is 4.17. The zero-order valence-electron chi connectivity index (χ0n) is 12.7. The second-order valence-electron chi connectivity index (χ2n) is 5.12. The molecule has 23 heavy (non-hydrogen) atoms. The number of hydrogen-bond donors (Lipinski definition) is 3. The molecule has 7 heteroatoms. The molecule has 1 aliphatic heterocycles. The van der Waals surface area contributed by atoms with Gasteiger partial charge in [-0.05, 0) is 24.3 Å². The van der Waals surface area contributed by atoms with Crippen LogP contribution in [0.5, 0.6) is 5.75 Å². The summed E-state index contributed by atoms with van der Waals surface area (Å²) in [4.78, 5) is 16.2. The Morgan fingerprint density at radius 2 is 2.22 bits per heavy atom. The quantitative estimate of drug-likeness (QED) is 0.288. The number of ether oxygens (including phenoxy) is 2. The largest absolute Gasteiger partial charge is 0.494 e. The molecular weight excluding hydrogens is 300 g/mol. The van der Waals surface area contributed by atoms with Crippen LogP contribution in [0.1, 0.15) is 18.4 Å². The number of hydrogen-bond acceptors (Lipinski definition) is 6. The number of nitrogens with zero attached hydrogens (tertiary/aromatic N) is 1. The zero-order valence-corrected chi connectivity index (χ0v) is 12.7. The van der Waals surface area contributed by atoms with E-state index in [1.54, 1.807) is 35.8 Å². The molecule has 1 heterocycles. The number of aliphatic hydroxyl groups excluding tert-OH is 1. The van der Waals surface area contributed by atoms with Gasteiger partial charge in [0.05, 0.1) is 6.61 Å². The van der Waals surface area contributed by atoms with E-state index < -0.39 is 11.4 Å². The number of hydroxylamine groups is 1. The summed E-state index contributed by atoms with van der Waals surface area (Å²) >= 11 is 0. The van der Waals surface area contributed by atoms with E-state index in [1.807, 2.05) is 0 Å². The number of carbonyl (C=O) groups is 1. The molecule has 0 saturated heterocycles. The highest BCUT2D eigenvalue weighted by atomic mass is 16.5. The molecule has 0 radical (unpaired) electrons. The van der Waals surface area contributed by atoms with Crippen LogP contribution in [0.25, 0.3) is 0 Å². The average molecular weight is 320 g/mol. The first-order valence-electron chi connectivity index (χ1n) is 7.27. The van der Waals surface area contributed by atoms with Gasteiger partial charge in [-0.2, -0.15) is 0 Å². The Kier molecular flexibility index (Phi) is 5.72. The van der Waals surface area contributed by atoms with E-state index in [1.165, 1.54) is 0 Å². The lowest BCUT2D eigenvalue weighted by Crippen LogP contribution is -2.45. The number of amides is 1. The maximum Gasteiger partial charge on any atom is 0.275 e. The van der Waals surface area contributed by atoms with Crippen molar-refractivity contribution in [1.29, 1.82) is 0 Å². The fourth-order valence-electron chi connectivity index (χ4n) is 2.20. The lowest BCUT2D eigenvalue weighted by molar-refractivity contribution is -0.135. The Hall–Kier alpha value is -2.38. The van der Waals surface area contributed by atoms with Crippen molar-refractivity contribution in [1.82, 2.24) is 5.48 Å². The lowest BCUT2D eigenvalue weighted by atomic mass is 9.97. The summed E-state index contributed by atoms with van der Waals surface area (Å²) in [5.74, 6) is 0.375. The number of nitrogens with one attached hydrogen (secondary N) is 1. The highest BCUT2D eigenvalue weighted by Crippen LogP contribution is 2.27. The van der Waals surface area contributed by atoms with E-state index in [4.69, 9.17) is 19.8 Å². The van der Waals surface area contributed by atoms with Crippen molar-refractivity contribution in [2.45, 2.75) is 18.4 Å². The van der Waals surface area contributed by atoms with Gasteiger partial charge in [-0.25, -0.2) is 10.5 Å². The molecular formula is C16H20N2O5. The van der Waals surface area contributed by atoms with Crippen molar-refractivity contribution >= 4 is 11.8 Å². The number of aliphatic imine (C=N–C) groups is 1. The van der Waals surface area contributed by atoms with Gasteiger partial charge in [0.2, 0.25) is 5.90 Å². The molecule has 0 aromatic heterocycles. The van der Waals surface area contributed by atoms with Crippen molar-refractivity contribution in [2.24, 2.45) is 4.99 Å². The molecule has 1 aliphatic rings. The number of rotatable bonds is 8. The Morgan fingerprint density at radius 1 is 1.48 bits per heavy atom. The van der Waals surface area contributed by atoms with Gasteiger partial charge in [0.15, 0.2) is 5.54 Å². The molecule has 124 valence electrons. The Morgan fingerprint density at radius 3 is 2.83 bits per heavy atom. The average Bonchev–Trinajstić information content (AvgIpc) is 3.01. The standard InChI is InChI=1S/C16H20N2O5/c1-2-8-16(15(20)18-21)11-23-14(17-16)12-4-6-13(7-5-12)22-10-3-9-19/h2,4-7,19,21H,1,3,8-11H2,(H,18,20)/t16-/m0/s1. The second-order valence-corrected chi connectivity index (χ2v) is 5.12. The highest BCUT2D eigenvalue weighted by molar-refractivity contribution is 6.00. The van der Waals surface area contributed by atoms with E-state index in [2.05, 4.69) is 11.6 Å². The van der Waals surface area contributed by atoms with Gasteiger partial charge in [-0.1, -0.05) is 6.08 Å². The van der Waals surface area contributed by atoms with E-state index >= 15 is 0 Å². The molecule has 2 rings (SSSR count). The second kappa shape index (κ2) is 7.75. The van der Waals surface area contributed by atoms with Crippen molar-refractivity contribution < 1.29 is 24.6 Å². The van der Waals surface area contributed by atoms with Crippen LogP contribution in [0, 0.1) is 0 Å². The molecule has 7 nitrogen and oxygen atoms in total. The molecule has 1 aromatic rings. The van der Waals surface area contributed by atoms with E-state index in [0.717, 1.165) is 0 Å². The van der Waals surface area contributed by atoms with Gasteiger partial charge in [0, 0.05) is 25.0 Å². The summed E-state index contributed by atoms with van der Waals surface area (Å²) in [5.41, 5.74) is 1.14. The SMILES string of the molecule is C=CC[C@@]1(C(=O)NO)COC(c2ccc(OCCCO)cc2)=N1. The number of carbonyl (C=O) groups excluding carboxylic acids is 1. The summed E-state index contributed by atoms with van der Waals surface area (Å²) in [6.07, 6.45) is 2.38. The molecule has 1 aromatic carbocycles. The van der Waals surface area contributed by atoms with Gasteiger partial charge in [-0.15, -0.1) is 6.58 Å². The third-order valence-corrected chi connectivity index (χ3v) is 3.44. The van der Waals surface area contributed by atoms with Crippen LogP contribution in [0.4, 0.5) is 0 Å². The predicted octanol–water partition coefficient (Wildman–Crippen LogP) is 1.04. The minimum Gasteiger partial charge on any atom is -0.494 e. The summed E-state index contributed by atoms with van der Waals surface area (Å²) in [7, 11) is 0. The van der Waals surface area contributed by atoms with Crippen molar-refractivity contribution in [3.8, 4) is 5.75 Å². The van der Waals surface area contributed by atoms with Crippen LogP contribution in [0.15, 0.2) is 41.9 Å². The van der Waals surface area contributed by atoms with Crippen LogP contribution >= 0.6 is 0 Å². The molecule has 3 N–H and O–H groups in total. The molecule has 0 unspecified atom stereocenters. The number of benzene rings is 1. The van der Waals surface area contributed by atoms with Crippen molar-refractivity contribution in [3.63, 3.8) is 0 Å². The van der Waals surface area contributed by atoms with Crippen LogP contribution in [0.3, 0.4) is 0 Å². The van der Waals surface area contributed by atoms with Gasteiger partial charge < -0.3 is 14.6 Å². The highest BCUT2D eigenvalue weighted by Gasteiger charge is 2.43. The van der Waals surface area contributed by atoms with Gasteiger partial charge in [-0.3, -0.25) is 10.0 Å². The Bertz CT molecular complexity index is 585. The maximum absolute atomic E-state index is 11.9. The molecule has 1 atom stereocenters. The van der Waals surface area contributed by atoms with Crippen LogP contribution in [-0.4, -0.2) is 47.5 Å². The summed E-state index contributed by atoms with van der Waals surface area (Å²) in [5, 5.41) is 17.6. The Labute approximate surface area is 134 Å². The van der Waals surface area contributed by atoms with E-state index in [9.17, 15) is 4.79 Å². The third-order valence-electron chi connectivity index (χ3n) is 3.44. The molecule has 0 fully saturated rings. The summed E-state index contributed by atoms with van der Waals surface area (Å²) in [6, 6.07) is 7.07.